The van der Waals surface area contributed by atoms with Crippen molar-refractivity contribution < 1.29 is 9.69 Å². The quantitative estimate of drug-likeness (QED) is 0.600. The number of rotatable bonds is 8. The number of amides is 1. The molecule has 3 rings (SSSR count). The maximum atomic E-state index is 12.7. The summed E-state index contributed by atoms with van der Waals surface area (Å²) in [5.74, 6) is 0.452. The number of hydrogen-bond donors (Lipinski definition) is 2. The van der Waals surface area contributed by atoms with Crippen LogP contribution in [0.3, 0.4) is 0 Å². The molecule has 2 heterocycles. The lowest BCUT2D eigenvalue weighted by molar-refractivity contribution is -0.918. The van der Waals surface area contributed by atoms with Crippen LogP contribution in [0.1, 0.15) is 35.1 Å². The van der Waals surface area contributed by atoms with Crippen molar-refractivity contribution in [2.24, 2.45) is 0 Å². The molecule has 1 amide bonds. The van der Waals surface area contributed by atoms with Crippen molar-refractivity contribution in [1.82, 2.24) is 0 Å². The summed E-state index contributed by atoms with van der Waals surface area (Å²) in [6.45, 7) is 6.50. The van der Waals surface area contributed by atoms with E-state index in [-0.39, 0.29) is 5.91 Å². The minimum atomic E-state index is 0.0706. The van der Waals surface area contributed by atoms with Gasteiger partial charge in [-0.3, -0.25) is 4.79 Å². The number of thiophene rings is 2. The van der Waals surface area contributed by atoms with Crippen molar-refractivity contribution >= 4 is 34.3 Å². The number of quaternary nitrogens is 1. The smallest absolute Gasteiger partial charge is 0.279 e. The maximum Gasteiger partial charge on any atom is 0.279 e. The lowest BCUT2D eigenvalue weighted by Crippen LogP contribution is -3.10. The van der Waals surface area contributed by atoms with E-state index in [0.717, 1.165) is 18.8 Å². The van der Waals surface area contributed by atoms with E-state index >= 15 is 0 Å². The SMILES string of the molecule is CC(C)c1ccccc1NC(=O)C[NH+](Cc1cccs1)Cc1cccs1. The topological polar surface area (TPSA) is 33.5 Å². The number of hydrogen-bond acceptors (Lipinski definition) is 3. The van der Waals surface area contributed by atoms with E-state index in [1.165, 1.54) is 20.2 Å². The predicted molar refractivity (Wildman–Crippen MR) is 111 cm³/mol. The number of carbonyl (C=O) groups is 1. The number of anilines is 1. The summed E-state index contributed by atoms with van der Waals surface area (Å²) in [7, 11) is 0. The van der Waals surface area contributed by atoms with Crippen LogP contribution in [0.25, 0.3) is 0 Å². The third-order valence-electron chi connectivity index (χ3n) is 4.28. The molecule has 0 aliphatic heterocycles. The number of para-hydroxylation sites is 1. The summed E-state index contributed by atoms with van der Waals surface area (Å²) in [4.78, 5) is 16.6. The molecule has 0 saturated heterocycles. The summed E-state index contributed by atoms with van der Waals surface area (Å²) in [5.41, 5.74) is 2.11. The number of carbonyl (C=O) groups excluding carboxylic acids is 1. The van der Waals surface area contributed by atoms with Crippen LogP contribution in [0.15, 0.2) is 59.3 Å². The van der Waals surface area contributed by atoms with Crippen LogP contribution in [-0.4, -0.2) is 12.5 Å². The van der Waals surface area contributed by atoms with Crippen molar-refractivity contribution in [2.45, 2.75) is 32.9 Å². The number of nitrogens with one attached hydrogen (secondary N) is 2. The molecule has 3 aromatic rings. The molecule has 2 aromatic heterocycles. The molecule has 0 saturated carbocycles. The summed E-state index contributed by atoms with van der Waals surface area (Å²) in [6.07, 6.45) is 0. The van der Waals surface area contributed by atoms with Gasteiger partial charge in [0, 0.05) is 5.69 Å². The largest absolute Gasteiger partial charge is 0.321 e. The molecule has 0 aliphatic carbocycles. The second-order valence-electron chi connectivity index (χ2n) is 6.73. The van der Waals surface area contributed by atoms with Gasteiger partial charge in [0.2, 0.25) is 0 Å². The monoisotopic (exact) mass is 385 g/mol. The number of benzene rings is 1. The van der Waals surface area contributed by atoms with Gasteiger partial charge in [-0.05, 0) is 40.4 Å². The van der Waals surface area contributed by atoms with Crippen LogP contribution in [-0.2, 0) is 17.9 Å². The Hall–Kier alpha value is -1.95. The van der Waals surface area contributed by atoms with Gasteiger partial charge in [-0.1, -0.05) is 44.2 Å². The van der Waals surface area contributed by atoms with Crippen LogP contribution in [0.5, 0.6) is 0 Å². The van der Waals surface area contributed by atoms with E-state index in [1.54, 1.807) is 22.7 Å². The van der Waals surface area contributed by atoms with Gasteiger partial charge < -0.3 is 10.2 Å². The van der Waals surface area contributed by atoms with Crippen LogP contribution in [0, 0.1) is 0 Å². The molecule has 1 aromatic carbocycles. The van der Waals surface area contributed by atoms with Gasteiger partial charge in [0.1, 0.15) is 13.1 Å². The van der Waals surface area contributed by atoms with E-state index in [4.69, 9.17) is 0 Å². The van der Waals surface area contributed by atoms with Crippen molar-refractivity contribution in [1.29, 1.82) is 0 Å². The Bertz CT molecular complexity index is 774. The fourth-order valence-corrected chi connectivity index (χ4v) is 4.60. The molecule has 0 fully saturated rings. The second kappa shape index (κ2) is 9.12. The lowest BCUT2D eigenvalue weighted by atomic mass is 10.0. The Kier molecular flexibility index (Phi) is 6.61. The Morgan fingerprint density at radius 1 is 0.962 bits per heavy atom. The molecule has 0 spiro atoms. The first-order valence-corrected chi connectivity index (χ1v) is 10.6. The maximum absolute atomic E-state index is 12.7. The molecular weight excluding hydrogens is 360 g/mol. The van der Waals surface area contributed by atoms with Gasteiger partial charge in [0.15, 0.2) is 6.54 Å². The zero-order chi connectivity index (χ0) is 18.4. The van der Waals surface area contributed by atoms with Crippen LogP contribution >= 0.6 is 22.7 Å². The van der Waals surface area contributed by atoms with Gasteiger partial charge in [-0.25, -0.2) is 0 Å². The zero-order valence-electron chi connectivity index (χ0n) is 15.2. The predicted octanol–water partition coefficient (Wildman–Crippen LogP) is 4.16. The third kappa shape index (κ3) is 5.27. The standard InChI is InChI=1S/C21H24N2OS2/c1-16(2)19-9-3-4-10-20(19)22-21(24)15-23(13-17-7-5-11-25-17)14-18-8-6-12-26-18/h3-12,16H,13-15H2,1-2H3,(H,22,24)/p+1. The van der Waals surface area contributed by atoms with E-state index in [2.05, 4.69) is 60.3 Å². The van der Waals surface area contributed by atoms with Gasteiger partial charge in [-0.2, -0.15) is 0 Å². The highest BCUT2D eigenvalue weighted by Crippen LogP contribution is 2.23. The molecule has 2 N–H and O–H groups in total. The first kappa shape index (κ1) is 18.8. The highest BCUT2D eigenvalue weighted by atomic mass is 32.1. The first-order valence-electron chi connectivity index (χ1n) is 8.89. The average Bonchev–Trinajstić information content (AvgIpc) is 3.29. The molecule has 26 heavy (non-hydrogen) atoms. The van der Waals surface area contributed by atoms with E-state index in [1.807, 2.05) is 18.2 Å². The minimum absolute atomic E-state index is 0.0706. The zero-order valence-corrected chi connectivity index (χ0v) is 16.8. The molecule has 0 radical (unpaired) electrons. The average molecular weight is 386 g/mol. The molecular formula is C21H25N2OS2+. The van der Waals surface area contributed by atoms with Gasteiger partial charge in [0.25, 0.3) is 5.91 Å². The normalized spacial score (nSPS) is 11.2. The van der Waals surface area contributed by atoms with Crippen molar-refractivity contribution in [3.05, 3.63) is 74.6 Å². The van der Waals surface area contributed by atoms with Gasteiger partial charge in [-0.15, -0.1) is 22.7 Å². The highest BCUT2D eigenvalue weighted by molar-refractivity contribution is 7.10. The molecule has 0 atom stereocenters. The third-order valence-corrected chi connectivity index (χ3v) is 6.03. The first-order chi connectivity index (χ1) is 12.6. The van der Waals surface area contributed by atoms with Crippen molar-refractivity contribution in [3.63, 3.8) is 0 Å². The summed E-state index contributed by atoms with van der Waals surface area (Å²) < 4.78 is 0. The fraction of sp³-hybridized carbons (Fsp3) is 0.286. The van der Waals surface area contributed by atoms with Crippen molar-refractivity contribution in [2.75, 3.05) is 11.9 Å². The molecule has 136 valence electrons. The van der Waals surface area contributed by atoms with Crippen LogP contribution in [0.4, 0.5) is 5.69 Å². The molecule has 0 aliphatic rings. The Balaban J connectivity index is 1.68. The fourth-order valence-electron chi connectivity index (χ4n) is 3.04. The van der Waals surface area contributed by atoms with E-state index in [9.17, 15) is 4.79 Å². The van der Waals surface area contributed by atoms with Crippen LogP contribution in [0.2, 0.25) is 0 Å². The Morgan fingerprint density at radius 3 is 2.12 bits per heavy atom. The van der Waals surface area contributed by atoms with Crippen LogP contribution < -0.4 is 10.2 Å². The lowest BCUT2D eigenvalue weighted by Gasteiger charge is -2.19. The minimum Gasteiger partial charge on any atom is -0.321 e. The van der Waals surface area contributed by atoms with E-state index < -0.39 is 0 Å². The summed E-state index contributed by atoms with van der Waals surface area (Å²) in [5, 5.41) is 7.32. The van der Waals surface area contributed by atoms with Crippen molar-refractivity contribution in [3.8, 4) is 0 Å². The Labute approximate surface area is 163 Å². The highest BCUT2D eigenvalue weighted by Gasteiger charge is 2.18. The molecule has 0 unspecified atom stereocenters. The second-order valence-corrected chi connectivity index (χ2v) is 8.79. The van der Waals surface area contributed by atoms with Gasteiger partial charge in [0.05, 0.1) is 9.75 Å². The molecule has 5 heteroatoms. The van der Waals surface area contributed by atoms with E-state index in [0.29, 0.717) is 12.5 Å². The van der Waals surface area contributed by atoms with Gasteiger partial charge >= 0.3 is 0 Å². The Morgan fingerprint density at radius 2 is 1.58 bits per heavy atom. The molecule has 0 bridgehead atoms. The molecule has 3 nitrogen and oxygen atoms in total. The summed E-state index contributed by atoms with van der Waals surface area (Å²) >= 11 is 3.50. The summed E-state index contributed by atoms with van der Waals surface area (Å²) in [6, 6.07) is 16.5.